The summed E-state index contributed by atoms with van der Waals surface area (Å²) in [6.07, 6.45) is 0. The summed E-state index contributed by atoms with van der Waals surface area (Å²) in [5.41, 5.74) is 12.8. The van der Waals surface area contributed by atoms with Gasteiger partial charge in [0.05, 0.1) is 11.4 Å². The van der Waals surface area contributed by atoms with Crippen LogP contribution in [0.3, 0.4) is 0 Å². The maximum Gasteiger partial charge on any atom is 0.160 e. The second kappa shape index (κ2) is 10.3. The molecule has 0 spiro atoms. The average Bonchev–Trinajstić information content (AvgIpc) is 3.60. The molecule has 0 fully saturated rings. The number of benzene rings is 6. The van der Waals surface area contributed by atoms with E-state index in [0.717, 1.165) is 39.5 Å². The molecule has 2 heterocycles. The highest BCUT2D eigenvalue weighted by Gasteiger charge is 2.35. The van der Waals surface area contributed by atoms with Crippen molar-refractivity contribution in [1.29, 1.82) is 0 Å². The van der Waals surface area contributed by atoms with E-state index in [1.165, 1.54) is 48.0 Å². The molecular formula is C43H30N2S. The molecule has 2 nitrogen and oxygen atoms in total. The zero-order chi connectivity index (χ0) is 30.8. The molecule has 1 aliphatic rings. The van der Waals surface area contributed by atoms with Crippen molar-refractivity contribution in [3.8, 4) is 56.2 Å². The number of thiophene rings is 1. The van der Waals surface area contributed by atoms with E-state index in [2.05, 4.69) is 141 Å². The molecule has 2 aromatic heterocycles. The Bertz CT molecular complexity index is 2450. The number of hydrogen-bond acceptors (Lipinski definition) is 3. The van der Waals surface area contributed by atoms with Gasteiger partial charge in [0.25, 0.3) is 0 Å². The summed E-state index contributed by atoms with van der Waals surface area (Å²) >= 11 is 1.83. The first-order valence-electron chi connectivity index (χ1n) is 15.7. The zero-order valence-corrected chi connectivity index (χ0v) is 26.5. The lowest BCUT2D eigenvalue weighted by Crippen LogP contribution is -2.14. The number of aromatic nitrogens is 2. The molecule has 0 bridgehead atoms. The molecule has 218 valence electrons. The molecule has 46 heavy (non-hydrogen) atoms. The largest absolute Gasteiger partial charge is 0.228 e. The normalized spacial score (nSPS) is 13.2. The van der Waals surface area contributed by atoms with Gasteiger partial charge in [-0.1, -0.05) is 135 Å². The van der Waals surface area contributed by atoms with Crippen LogP contribution in [0.2, 0.25) is 0 Å². The smallest absolute Gasteiger partial charge is 0.160 e. The number of fused-ring (bicyclic) bond motifs is 6. The maximum atomic E-state index is 5.21. The summed E-state index contributed by atoms with van der Waals surface area (Å²) in [5.74, 6) is 0.726. The Morgan fingerprint density at radius 3 is 1.96 bits per heavy atom. The second-order valence-corrected chi connectivity index (χ2v) is 13.7. The molecule has 0 unspecified atom stereocenters. The lowest BCUT2D eigenvalue weighted by molar-refractivity contribution is 0.660. The molecule has 0 amide bonds. The fraction of sp³-hybridized carbons (Fsp3) is 0.0698. The van der Waals surface area contributed by atoms with Crippen LogP contribution >= 0.6 is 11.3 Å². The van der Waals surface area contributed by atoms with Gasteiger partial charge in [0.15, 0.2) is 5.82 Å². The minimum Gasteiger partial charge on any atom is -0.228 e. The Labute approximate surface area is 272 Å². The summed E-state index contributed by atoms with van der Waals surface area (Å²) in [6, 6.07) is 52.3. The molecule has 8 aromatic rings. The van der Waals surface area contributed by atoms with Gasteiger partial charge in [-0.25, -0.2) is 9.97 Å². The molecule has 0 saturated carbocycles. The monoisotopic (exact) mass is 606 g/mol. The van der Waals surface area contributed by atoms with Crippen LogP contribution in [0.25, 0.3) is 76.3 Å². The van der Waals surface area contributed by atoms with Crippen molar-refractivity contribution in [3.63, 3.8) is 0 Å². The average molecular weight is 607 g/mol. The second-order valence-electron chi connectivity index (χ2n) is 12.6. The van der Waals surface area contributed by atoms with Crippen molar-refractivity contribution in [2.24, 2.45) is 0 Å². The summed E-state index contributed by atoms with van der Waals surface area (Å²) in [7, 11) is 0. The molecule has 0 atom stereocenters. The molecule has 0 aliphatic heterocycles. The summed E-state index contributed by atoms with van der Waals surface area (Å²) in [4.78, 5) is 10.3. The molecule has 0 radical (unpaired) electrons. The minimum absolute atomic E-state index is 0.0222. The summed E-state index contributed by atoms with van der Waals surface area (Å²) < 4.78 is 2.57. The van der Waals surface area contributed by atoms with Gasteiger partial charge in [-0.2, -0.15) is 0 Å². The van der Waals surface area contributed by atoms with Crippen LogP contribution in [0, 0.1) is 0 Å². The molecule has 1 aliphatic carbocycles. The molecule has 0 N–H and O–H groups in total. The van der Waals surface area contributed by atoms with Crippen LogP contribution in [0.1, 0.15) is 25.0 Å². The van der Waals surface area contributed by atoms with E-state index in [4.69, 9.17) is 9.97 Å². The predicted molar refractivity (Wildman–Crippen MR) is 194 cm³/mol. The molecule has 9 rings (SSSR count). The maximum absolute atomic E-state index is 5.21. The Kier molecular flexibility index (Phi) is 6.06. The summed E-state index contributed by atoms with van der Waals surface area (Å²) in [5, 5.41) is 2.59. The third-order valence-corrected chi connectivity index (χ3v) is 10.7. The zero-order valence-electron chi connectivity index (χ0n) is 25.7. The van der Waals surface area contributed by atoms with Gasteiger partial charge >= 0.3 is 0 Å². The fourth-order valence-corrected chi connectivity index (χ4v) is 8.33. The Morgan fingerprint density at radius 2 is 1.09 bits per heavy atom. The first-order valence-corrected chi connectivity index (χ1v) is 16.6. The van der Waals surface area contributed by atoms with Crippen molar-refractivity contribution in [3.05, 3.63) is 157 Å². The van der Waals surface area contributed by atoms with Crippen LogP contribution < -0.4 is 0 Å². The topological polar surface area (TPSA) is 25.8 Å². The first kappa shape index (κ1) is 27.0. The van der Waals surface area contributed by atoms with Gasteiger partial charge in [-0.3, -0.25) is 0 Å². The molecule has 0 saturated heterocycles. The highest BCUT2D eigenvalue weighted by molar-refractivity contribution is 7.25. The number of nitrogens with zero attached hydrogens (tertiary/aromatic N) is 2. The Morgan fingerprint density at radius 1 is 0.435 bits per heavy atom. The minimum atomic E-state index is -0.0222. The van der Waals surface area contributed by atoms with E-state index in [9.17, 15) is 0 Å². The van der Waals surface area contributed by atoms with Crippen LogP contribution in [0.5, 0.6) is 0 Å². The standard InChI is InChI=1S/C43H30N2S/c1-43(2)36-18-10-8-15-31(36)35-24-28(21-23-37(35)43)30-14-6-7-16-32(30)39-26-38(44-42(45-39)27-12-4-3-5-13-27)29-20-22-34-33-17-9-11-19-40(33)46-41(34)25-29/h3-26H,1-2H3. The quantitative estimate of drug-likeness (QED) is 0.199. The van der Waals surface area contributed by atoms with Gasteiger partial charge in [-0.05, 0) is 57.6 Å². The molecule has 6 aromatic carbocycles. The van der Waals surface area contributed by atoms with E-state index in [1.54, 1.807) is 0 Å². The van der Waals surface area contributed by atoms with Crippen molar-refractivity contribution in [1.82, 2.24) is 9.97 Å². The van der Waals surface area contributed by atoms with E-state index in [-0.39, 0.29) is 5.41 Å². The Balaban J connectivity index is 1.22. The van der Waals surface area contributed by atoms with Crippen molar-refractivity contribution in [2.75, 3.05) is 0 Å². The van der Waals surface area contributed by atoms with Gasteiger partial charge in [0.1, 0.15) is 0 Å². The third-order valence-electron chi connectivity index (χ3n) is 9.53. The number of rotatable bonds is 4. The van der Waals surface area contributed by atoms with Crippen LogP contribution in [0.4, 0.5) is 0 Å². The Hall–Kier alpha value is -5.38. The lowest BCUT2D eigenvalue weighted by Gasteiger charge is -2.21. The predicted octanol–water partition coefficient (Wildman–Crippen LogP) is 11.8. The van der Waals surface area contributed by atoms with Gasteiger partial charge in [-0.15, -0.1) is 11.3 Å². The van der Waals surface area contributed by atoms with Crippen LogP contribution in [-0.4, -0.2) is 9.97 Å². The fourth-order valence-electron chi connectivity index (χ4n) is 7.18. The highest BCUT2D eigenvalue weighted by atomic mass is 32.1. The molecular weight excluding hydrogens is 577 g/mol. The molecule has 3 heteroatoms. The highest BCUT2D eigenvalue weighted by Crippen LogP contribution is 2.50. The van der Waals surface area contributed by atoms with E-state index < -0.39 is 0 Å². The number of hydrogen-bond donors (Lipinski definition) is 0. The summed E-state index contributed by atoms with van der Waals surface area (Å²) in [6.45, 7) is 4.66. The van der Waals surface area contributed by atoms with Gasteiger partial charge < -0.3 is 0 Å². The van der Waals surface area contributed by atoms with E-state index in [1.807, 2.05) is 29.5 Å². The SMILES string of the molecule is CC1(C)c2ccccc2-c2cc(-c3ccccc3-c3cc(-c4ccc5c(c4)sc4ccccc45)nc(-c4ccccc4)n3)ccc21. The van der Waals surface area contributed by atoms with E-state index >= 15 is 0 Å². The van der Waals surface area contributed by atoms with Crippen molar-refractivity contribution < 1.29 is 0 Å². The van der Waals surface area contributed by atoms with Crippen molar-refractivity contribution in [2.45, 2.75) is 19.3 Å². The van der Waals surface area contributed by atoms with Crippen LogP contribution in [0.15, 0.2) is 146 Å². The van der Waals surface area contributed by atoms with Gasteiger partial charge in [0.2, 0.25) is 0 Å². The lowest BCUT2D eigenvalue weighted by atomic mass is 9.82. The third kappa shape index (κ3) is 4.23. The first-order chi connectivity index (χ1) is 22.5. The van der Waals surface area contributed by atoms with Crippen LogP contribution in [-0.2, 0) is 5.41 Å². The van der Waals surface area contributed by atoms with Gasteiger partial charge in [0, 0.05) is 42.3 Å². The van der Waals surface area contributed by atoms with E-state index in [0.29, 0.717) is 0 Å². The van der Waals surface area contributed by atoms with Crippen molar-refractivity contribution >= 4 is 31.5 Å².